The van der Waals surface area contributed by atoms with Gasteiger partial charge in [-0.3, -0.25) is 0 Å². The van der Waals surface area contributed by atoms with Crippen LogP contribution in [0.4, 0.5) is 0 Å². The Balaban J connectivity index is 1.78. The minimum Gasteiger partial charge on any atom is -0.310 e. The zero-order valence-corrected chi connectivity index (χ0v) is 11.2. The van der Waals surface area contributed by atoms with Crippen molar-refractivity contribution in [3.05, 3.63) is 0 Å². The van der Waals surface area contributed by atoms with E-state index in [1.165, 1.54) is 37.2 Å². The summed E-state index contributed by atoms with van der Waals surface area (Å²) in [5, 5.41) is 3.86. The summed E-state index contributed by atoms with van der Waals surface area (Å²) in [4.78, 5) is 0. The van der Waals surface area contributed by atoms with E-state index in [0.717, 1.165) is 18.0 Å². The molecule has 0 aromatic heterocycles. The second-order valence-corrected chi connectivity index (χ2v) is 7.26. The molecule has 0 radical (unpaired) electrons. The molecule has 0 spiro atoms. The Bertz CT molecular complexity index is 211. The topological polar surface area (TPSA) is 12.0 Å². The Morgan fingerprint density at radius 1 is 1.33 bits per heavy atom. The molecule has 0 aromatic rings. The molecule has 1 saturated carbocycles. The second kappa shape index (κ2) is 4.67. The summed E-state index contributed by atoms with van der Waals surface area (Å²) in [5.41, 5.74) is 0.542. The molecular weight excluding hydrogens is 202 g/mol. The average molecular weight is 227 g/mol. The smallest absolute Gasteiger partial charge is 0.0166 e. The van der Waals surface area contributed by atoms with E-state index in [0.29, 0.717) is 5.41 Å². The number of hydrogen-bond acceptors (Lipinski definition) is 2. The lowest BCUT2D eigenvalue weighted by atomic mass is 9.79. The Hall–Kier alpha value is 0.310. The maximum Gasteiger partial charge on any atom is 0.0166 e. The monoisotopic (exact) mass is 227 g/mol. The molecule has 2 heteroatoms. The van der Waals surface area contributed by atoms with Gasteiger partial charge in [-0.25, -0.2) is 0 Å². The fourth-order valence-electron chi connectivity index (χ4n) is 2.82. The van der Waals surface area contributed by atoms with Gasteiger partial charge in [0.05, 0.1) is 0 Å². The third kappa shape index (κ3) is 3.13. The number of thioether (sulfide) groups is 1. The number of nitrogens with one attached hydrogen (secondary N) is 1. The fourth-order valence-corrected chi connectivity index (χ4v) is 4.10. The van der Waals surface area contributed by atoms with Crippen molar-refractivity contribution in [2.75, 3.05) is 11.5 Å². The van der Waals surface area contributed by atoms with Crippen LogP contribution in [0.25, 0.3) is 0 Å². The fraction of sp³-hybridized carbons (Fsp3) is 1.00. The van der Waals surface area contributed by atoms with Crippen LogP contribution < -0.4 is 5.32 Å². The molecule has 1 saturated heterocycles. The third-order valence-electron chi connectivity index (χ3n) is 3.97. The molecule has 0 amide bonds. The lowest BCUT2D eigenvalue weighted by molar-refractivity contribution is 0.211. The summed E-state index contributed by atoms with van der Waals surface area (Å²) in [6, 6.07) is 1.51. The van der Waals surface area contributed by atoms with Gasteiger partial charge < -0.3 is 5.32 Å². The van der Waals surface area contributed by atoms with E-state index >= 15 is 0 Å². The summed E-state index contributed by atoms with van der Waals surface area (Å²) in [7, 11) is 0. The number of hydrogen-bond donors (Lipinski definition) is 1. The average Bonchev–Trinajstić information content (AvgIpc) is 1.97. The standard InChI is InChI=1S/C13H25NS/c1-10(11-5-4-6-11)14-12-7-13(2,3)9-15-8-12/h10-12,14H,4-9H2,1-3H3. The van der Waals surface area contributed by atoms with Gasteiger partial charge >= 0.3 is 0 Å². The predicted octanol–water partition coefficient (Wildman–Crippen LogP) is 3.30. The summed E-state index contributed by atoms with van der Waals surface area (Å²) in [6.45, 7) is 7.19. The molecular formula is C13H25NS. The van der Waals surface area contributed by atoms with E-state index in [1.54, 1.807) is 0 Å². The maximum atomic E-state index is 3.86. The van der Waals surface area contributed by atoms with Crippen LogP contribution in [0.5, 0.6) is 0 Å². The highest BCUT2D eigenvalue weighted by Crippen LogP contribution is 2.35. The molecule has 88 valence electrons. The largest absolute Gasteiger partial charge is 0.310 e. The first-order chi connectivity index (χ1) is 7.07. The molecule has 1 aliphatic heterocycles. The maximum absolute atomic E-state index is 3.86. The van der Waals surface area contributed by atoms with Crippen LogP contribution in [-0.2, 0) is 0 Å². The minimum absolute atomic E-state index is 0.542. The molecule has 0 aromatic carbocycles. The van der Waals surface area contributed by atoms with E-state index in [2.05, 4.69) is 37.8 Å². The van der Waals surface area contributed by atoms with Crippen LogP contribution in [0.3, 0.4) is 0 Å². The zero-order valence-electron chi connectivity index (χ0n) is 10.4. The molecule has 15 heavy (non-hydrogen) atoms. The minimum atomic E-state index is 0.542. The van der Waals surface area contributed by atoms with Gasteiger partial charge in [0.25, 0.3) is 0 Å². The van der Waals surface area contributed by atoms with Crippen LogP contribution in [0.1, 0.15) is 46.5 Å². The van der Waals surface area contributed by atoms with Crippen LogP contribution >= 0.6 is 11.8 Å². The second-order valence-electron chi connectivity index (χ2n) is 6.23. The van der Waals surface area contributed by atoms with Crippen molar-refractivity contribution in [2.45, 2.75) is 58.5 Å². The molecule has 2 unspecified atom stereocenters. The normalized spacial score (nSPS) is 33.4. The Morgan fingerprint density at radius 3 is 2.60 bits per heavy atom. The molecule has 2 atom stereocenters. The van der Waals surface area contributed by atoms with Gasteiger partial charge in [-0.15, -0.1) is 0 Å². The van der Waals surface area contributed by atoms with Crippen molar-refractivity contribution in [3.63, 3.8) is 0 Å². The van der Waals surface area contributed by atoms with Gasteiger partial charge in [-0.2, -0.15) is 11.8 Å². The first kappa shape index (κ1) is 11.8. The summed E-state index contributed by atoms with van der Waals surface area (Å²) >= 11 is 2.13. The van der Waals surface area contributed by atoms with Crippen LogP contribution in [0.15, 0.2) is 0 Å². The molecule has 2 fully saturated rings. The van der Waals surface area contributed by atoms with Crippen molar-refractivity contribution in [1.29, 1.82) is 0 Å². The Morgan fingerprint density at radius 2 is 2.07 bits per heavy atom. The molecule has 0 bridgehead atoms. The van der Waals surface area contributed by atoms with E-state index in [1.807, 2.05) is 0 Å². The summed E-state index contributed by atoms with van der Waals surface area (Å²) < 4.78 is 0. The first-order valence-corrected chi connectivity index (χ1v) is 7.56. The zero-order chi connectivity index (χ0) is 10.9. The molecule has 2 aliphatic rings. The highest BCUT2D eigenvalue weighted by atomic mass is 32.2. The van der Waals surface area contributed by atoms with Crippen molar-refractivity contribution >= 4 is 11.8 Å². The summed E-state index contributed by atoms with van der Waals surface area (Å²) in [5.74, 6) is 3.63. The van der Waals surface area contributed by atoms with E-state index in [4.69, 9.17) is 0 Å². The molecule has 1 N–H and O–H groups in total. The SMILES string of the molecule is CC(NC1CSCC(C)(C)C1)C1CCC1. The third-order valence-corrected chi connectivity index (χ3v) is 5.59. The highest BCUT2D eigenvalue weighted by Gasteiger charge is 2.31. The molecule has 1 aliphatic carbocycles. The van der Waals surface area contributed by atoms with Gasteiger partial charge in [0.2, 0.25) is 0 Å². The van der Waals surface area contributed by atoms with Crippen molar-refractivity contribution in [2.24, 2.45) is 11.3 Å². The lowest BCUT2D eigenvalue weighted by Crippen LogP contribution is -2.48. The van der Waals surface area contributed by atoms with E-state index < -0.39 is 0 Å². The van der Waals surface area contributed by atoms with Gasteiger partial charge in [0.15, 0.2) is 0 Å². The van der Waals surface area contributed by atoms with Crippen molar-refractivity contribution in [1.82, 2.24) is 5.32 Å². The summed E-state index contributed by atoms with van der Waals surface area (Å²) in [6.07, 6.45) is 5.73. The van der Waals surface area contributed by atoms with Gasteiger partial charge in [0.1, 0.15) is 0 Å². The quantitative estimate of drug-likeness (QED) is 0.794. The lowest BCUT2D eigenvalue weighted by Gasteiger charge is -2.40. The van der Waals surface area contributed by atoms with E-state index in [9.17, 15) is 0 Å². The first-order valence-electron chi connectivity index (χ1n) is 6.41. The molecule has 1 heterocycles. The van der Waals surface area contributed by atoms with Crippen LogP contribution in [0.2, 0.25) is 0 Å². The molecule has 2 rings (SSSR count). The van der Waals surface area contributed by atoms with E-state index in [-0.39, 0.29) is 0 Å². The Kier molecular flexibility index (Phi) is 3.67. The van der Waals surface area contributed by atoms with Crippen LogP contribution in [-0.4, -0.2) is 23.6 Å². The highest BCUT2D eigenvalue weighted by molar-refractivity contribution is 7.99. The number of rotatable bonds is 3. The van der Waals surface area contributed by atoms with Gasteiger partial charge in [-0.1, -0.05) is 20.3 Å². The van der Waals surface area contributed by atoms with Gasteiger partial charge in [0, 0.05) is 17.8 Å². The predicted molar refractivity (Wildman–Crippen MR) is 69.4 cm³/mol. The van der Waals surface area contributed by atoms with Crippen molar-refractivity contribution in [3.8, 4) is 0 Å². The van der Waals surface area contributed by atoms with Gasteiger partial charge in [-0.05, 0) is 43.3 Å². The Labute approximate surface area is 98.8 Å². The molecule has 1 nitrogen and oxygen atoms in total. The van der Waals surface area contributed by atoms with Crippen molar-refractivity contribution < 1.29 is 0 Å². The van der Waals surface area contributed by atoms with Crippen LogP contribution in [0, 0.1) is 11.3 Å².